The second-order valence-corrected chi connectivity index (χ2v) is 11.9. The minimum atomic E-state index is -0.461. The van der Waals surface area contributed by atoms with Gasteiger partial charge in [-0.2, -0.15) is 0 Å². The van der Waals surface area contributed by atoms with E-state index < -0.39 is 17.3 Å². The van der Waals surface area contributed by atoms with Gasteiger partial charge in [-0.25, -0.2) is 4.79 Å². The van der Waals surface area contributed by atoms with E-state index in [0.717, 1.165) is 43.4 Å². The van der Waals surface area contributed by atoms with Gasteiger partial charge in [0.25, 0.3) is 5.91 Å². The SMILES string of the molecule is CCOC(=O)c1cc(CC)sc1NC(=O)COC(=O)C12C[C@H]3C[C@@H](CC(Br)(C3)C1)C2. The van der Waals surface area contributed by atoms with Crippen molar-refractivity contribution in [1.82, 2.24) is 0 Å². The lowest BCUT2D eigenvalue weighted by molar-refractivity contribution is -0.170. The molecule has 1 aromatic rings. The predicted octanol–water partition coefficient (Wildman–Crippen LogP) is 4.70. The van der Waals surface area contributed by atoms with Crippen molar-refractivity contribution >= 4 is 50.1 Å². The standard InChI is InChI=1S/C22H28BrNO5S/c1-3-15-6-16(19(26)28-4-2)18(30-15)24-17(25)11-29-20(27)21-7-13-5-14(8-21)10-22(23,9-13)12-21/h6,13-14H,3-5,7-12H2,1-2H3,(H,24,25)/t13-,14-,21?,22?/m1/s1. The van der Waals surface area contributed by atoms with Gasteiger partial charge in [0, 0.05) is 9.20 Å². The molecule has 0 radical (unpaired) electrons. The zero-order valence-electron chi connectivity index (χ0n) is 17.4. The molecule has 6 nitrogen and oxygen atoms in total. The maximum Gasteiger partial charge on any atom is 0.341 e. The number of halogens is 1. The molecule has 1 amide bonds. The van der Waals surface area contributed by atoms with Crippen LogP contribution in [0.15, 0.2) is 6.07 Å². The van der Waals surface area contributed by atoms with E-state index in [1.54, 1.807) is 13.0 Å². The highest BCUT2D eigenvalue weighted by molar-refractivity contribution is 9.10. The quantitative estimate of drug-likeness (QED) is 0.435. The van der Waals surface area contributed by atoms with Gasteiger partial charge < -0.3 is 14.8 Å². The third-order valence-corrected chi connectivity index (χ3v) is 8.76. The average molecular weight is 498 g/mol. The van der Waals surface area contributed by atoms with Gasteiger partial charge in [-0.3, -0.25) is 9.59 Å². The first kappa shape index (κ1) is 21.8. The van der Waals surface area contributed by atoms with E-state index in [1.165, 1.54) is 17.8 Å². The third kappa shape index (κ3) is 4.17. The zero-order valence-corrected chi connectivity index (χ0v) is 19.8. The highest BCUT2D eigenvalue weighted by Gasteiger charge is 2.60. The molecule has 4 aliphatic rings. The Morgan fingerprint density at radius 2 is 1.87 bits per heavy atom. The fraction of sp³-hybridized carbons (Fsp3) is 0.682. The number of carbonyl (C=O) groups is 3. The highest BCUT2D eigenvalue weighted by Crippen LogP contribution is 2.64. The first-order valence-electron chi connectivity index (χ1n) is 10.7. The third-order valence-electron chi connectivity index (χ3n) is 6.64. The molecule has 0 spiro atoms. The van der Waals surface area contributed by atoms with Crippen LogP contribution < -0.4 is 5.32 Å². The maximum absolute atomic E-state index is 13.0. The van der Waals surface area contributed by atoms with Crippen molar-refractivity contribution in [2.75, 3.05) is 18.5 Å². The van der Waals surface area contributed by atoms with Gasteiger partial charge in [-0.1, -0.05) is 22.9 Å². The molecule has 30 heavy (non-hydrogen) atoms. The van der Waals surface area contributed by atoms with E-state index in [4.69, 9.17) is 9.47 Å². The van der Waals surface area contributed by atoms with Crippen LogP contribution in [0.25, 0.3) is 0 Å². The normalized spacial score (nSPS) is 31.4. The average Bonchev–Trinajstić information content (AvgIpc) is 3.07. The van der Waals surface area contributed by atoms with Crippen molar-refractivity contribution < 1.29 is 23.9 Å². The lowest BCUT2D eigenvalue weighted by Crippen LogP contribution is -2.56. The molecule has 1 N–H and O–H groups in total. The molecule has 1 aromatic heterocycles. The van der Waals surface area contributed by atoms with Crippen molar-refractivity contribution in [2.45, 2.75) is 63.1 Å². The summed E-state index contributed by atoms with van der Waals surface area (Å²) in [6, 6.07) is 1.75. The molecule has 5 rings (SSSR count). The van der Waals surface area contributed by atoms with Crippen LogP contribution >= 0.6 is 27.3 Å². The topological polar surface area (TPSA) is 81.7 Å². The number of rotatable bonds is 7. The highest BCUT2D eigenvalue weighted by atomic mass is 79.9. The second-order valence-electron chi connectivity index (χ2n) is 9.05. The summed E-state index contributed by atoms with van der Waals surface area (Å²) in [5.41, 5.74) is -0.108. The number of aryl methyl sites for hydroxylation is 1. The first-order valence-corrected chi connectivity index (χ1v) is 12.3. The molecular weight excluding hydrogens is 470 g/mol. The summed E-state index contributed by atoms with van der Waals surface area (Å²) in [6.45, 7) is 3.65. The van der Waals surface area contributed by atoms with E-state index in [9.17, 15) is 14.4 Å². The minimum Gasteiger partial charge on any atom is -0.462 e. The van der Waals surface area contributed by atoms with Crippen LogP contribution in [0.2, 0.25) is 0 Å². The zero-order chi connectivity index (χ0) is 21.5. The molecule has 2 atom stereocenters. The number of hydrogen-bond acceptors (Lipinski definition) is 6. The Hall–Kier alpha value is -1.41. The molecule has 4 saturated carbocycles. The molecule has 8 heteroatoms. The van der Waals surface area contributed by atoms with Crippen LogP contribution in [0.5, 0.6) is 0 Å². The number of esters is 2. The van der Waals surface area contributed by atoms with Crippen molar-refractivity contribution in [3.63, 3.8) is 0 Å². The van der Waals surface area contributed by atoms with Gasteiger partial charge in [0.05, 0.1) is 17.6 Å². The first-order chi connectivity index (χ1) is 14.3. The number of amides is 1. The van der Waals surface area contributed by atoms with E-state index in [2.05, 4.69) is 21.2 Å². The van der Waals surface area contributed by atoms with Crippen LogP contribution in [0.1, 0.15) is 67.6 Å². The van der Waals surface area contributed by atoms with Crippen LogP contribution in [-0.4, -0.2) is 35.4 Å². The van der Waals surface area contributed by atoms with E-state index in [0.29, 0.717) is 22.4 Å². The molecule has 4 fully saturated rings. The van der Waals surface area contributed by atoms with Gasteiger partial charge in [0.1, 0.15) is 5.00 Å². The summed E-state index contributed by atoms with van der Waals surface area (Å²) in [4.78, 5) is 38.7. The van der Waals surface area contributed by atoms with Crippen molar-refractivity contribution in [3.05, 3.63) is 16.5 Å². The summed E-state index contributed by atoms with van der Waals surface area (Å²) in [7, 11) is 0. The number of nitrogens with one attached hydrogen (secondary N) is 1. The Balaban J connectivity index is 1.38. The van der Waals surface area contributed by atoms with Crippen molar-refractivity contribution in [1.29, 1.82) is 0 Å². The van der Waals surface area contributed by atoms with Crippen LogP contribution in [0.4, 0.5) is 5.00 Å². The van der Waals surface area contributed by atoms with Gasteiger partial charge in [0.2, 0.25) is 0 Å². The summed E-state index contributed by atoms with van der Waals surface area (Å²) < 4.78 is 10.6. The number of carbonyl (C=O) groups excluding carboxylic acids is 3. The second kappa shape index (κ2) is 8.26. The summed E-state index contributed by atoms with van der Waals surface area (Å²) in [5.74, 6) is -0.00863. The summed E-state index contributed by atoms with van der Waals surface area (Å²) in [6.07, 6.45) is 6.76. The monoisotopic (exact) mass is 497 g/mol. The number of thiophene rings is 1. The molecule has 0 aliphatic heterocycles. The van der Waals surface area contributed by atoms with Crippen LogP contribution in [0.3, 0.4) is 0 Å². The van der Waals surface area contributed by atoms with Crippen molar-refractivity contribution in [2.24, 2.45) is 17.3 Å². The predicted molar refractivity (Wildman–Crippen MR) is 118 cm³/mol. The number of hydrogen-bond donors (Lipinski definition) is 1. The lowest BCUT2D eigenvalue weighted by atomic mass is 9.49. The molecule has 4 bridgehead atoms. The molecule has 1 heterocycles. The van der Waals surface area contributed by atoms with E-state index in [-0.39, 0.29) is 23.5 Å². The Kier molecular flexibility index (Phi) is 6.01. The molecule has 0 saturated heterocycles. The van der Waals surface area contributed by atoms with Gasteiger partial charge >= 0.3 is 11.9 Å². The largest absolute Gasteiger partial charge is 0.462 e. The minimum absolute atomic E-state index is 0.0560. The molecule has 0 aromatic carbocycles. The van der Waals surface area contributed by atoms with Crippen LogP contribution in [-0.2, 0) is 25.5 Å². The van der Waals surface area contributed by atoms with E-state index in [1.807, 2.05) is 6.92 Å². The van der Waals surface area contributed by atoms with Crippen LogP contribution in [0, 0.1) is 17.3 Å². The van der Waals surface area contributed by atoms with Crippen molar-refractivity contribution in [3.8, 4) is 0 Å². The van der Waals surface area contributed by atoms with E-state index >= 15 is 0 Å². The number of ether oxygens (including phenoxy) is 2. The summed E-state index contributed by atoms with van der Waals surface area (Å²) in [5, 5.41) is 3.18. The Bertz CT molecular complexity index is 852. The Labute approximate surface area is 189 Å². The maximum atomic E-state index is 13.0. The van der Waals surface area contributed by atoms with Gasteiger partial charge in [-0.05, 0) is 69.8 Å². The van der Waals surface area contributed by atoms with Gasteiger partial charge in [-0.15, -0.1) is 11.3 Å². The Morgan fingerprint density at radius 3 is 2.47 bits per heavy atom. The molecule has 0 unspecified atom stereocenters. The fourth-order valence-electron chi connectivity index (χ4n) is 5.91. The molecule has 4 aliphatic carbocycles. The number of alkyl halides is 1. The lowest BCUT2D eigenvalue weighted by Gasteiger charge is -2.58. The molecule has 164 valence electrons. The Morgan fingerprint density at radius 1 is 1.17 bits per heavy atom. The number of anilines is 1. The van der Waals surface area contributed by atoms with Gasteiger partial charge in [0.15, 0.2) is 6.61 Å². The summed E-state index contributed by atoms with van der Waals surface area (Å²) >= 11 is 5.24. The smallest absolute Gasteiger partial charge is 0.341 e. The molecular formula is C22H28BrNO5S. The fourth-order valence-corrected chi connectivity index (χ4v) is 8.36.